The van der Waals surface area contributed by atoms with Crippen LogP contribution in [0.3, 0.4) is 0 Å². The molecule has 1 heterocycles. The summed E-state index contributed by atoms with van der Waals surface area (Å²) in [6.45, 7) is 11.9. The van der Waals surface area contributed by atoms with E-state index < -0.39 is 0 Å². The summed E-state index contributed by atoms with van der Waals surface area (Å²) in [6.07, 6.45) is 0.968. The van der Waals surface area contributed by atoms with Crippen LogP contribution in [0.4, 0.5) is 0 Å². The van der Waals surface area contributed by atoms with Crippen molar-refractivity contribution in [3.05, 3.63) is 47.4 Å². The number of fused-ring (bicyclic) bond motifs is 1. The summed E-state index contributed by atoms with van der Waals surface area (Å²) in [5.41, 5.74) is 3.32. The molecule has 2 rings (SSSR count). The highest BCUT2D eigenvalue weighted by atomic mass is 16.5. The Morgan fingerprint density at radius 1 is 1.42 bits per heavy atom. The van der Waals surface area contributed by atoms with Gasteiger partial charge in [-0.3, -0.25) is 0 Å². The maximum Gasteiger partial charge on any atom is 0.182 e. The molecule has 1 aromatic carbocycles. The largest absolute Gasteiger partial charge is 0.474 e. The van der Waals surface area contributed by atoms with Crippen LogP contribution in [-0.2, 0) is 24.3 Å². The highest BCUT2D eigenvalue weighted by Gasteiger charge is 2.22. The van der Waals surface area contributed by atoms with E-state index in [9.17, 15) is 5.11 Å². The van der Waals surface area contributed by atoms with Crippen molar-refractivity contribution in [1.29, 1.82) is 0 Å². The summed E-state index contributed by atoms with van der Waals surface area (Å²) in [4.78, 5) is 2.15. The summed E-state index contributed by atoms with van der Waals surface area (Å²) < 4.78 is 5.83. The zero-order valence-corrected chi connectivity index (χ0v) is 12.1. The van der Waals surface area contributed by atoms with Crippen molar-refractivity contribution in [1.82, 2.24) is 4.90 Å². The zero-order valence-electron chi connectivity index (χ0n) is 12.1. The monoisotopic (exact) mass is 261 g/mol. The number of aliphatic hydroxyl groups is 1. The van der Waals surface area contributed by atoms with E-state index in [4.69, 9.17) is 4.74 Å². The number of hydrogen-bond donors (Lipinski definition) is 1. The fourth-order valence-electron chi connectivity index (χ4n) is 2.43. The van der Waals surface area contributed by atoms with Crippen molar-refractivity contribution in [3.63, 3.8) is 0 Å². The van der Waals surface area contributed by atoms with Crippen molar-refractivity contribution in [2.75, 3.05) is 6.54 Å². The van der Waals surface area contributed by atoms with E-state index in [0.29, 0.717) is 5.88 Å². The van der Waals surface area contributed by atoms with Gasteiger partial charge in [0.2, 0.25) is 0 Å². The molecule has 0 saturated heterocycles. The van der Waals surface area contributed by atoms with Gasteiger partial charge in [0, 0.05) is 13.1 Å². The maximum atomic E-state index is 9.43. The molecule has 0 spiro atoms. The minimum Gasteiger partial charge on any atom is -0.474 e. The molecule has 1 aliphatic rings. The summed E-state index contributed by atoms with van der Waals surface area (Å²) >= 11 is 0. The van der Waals surface area contributed by atoms with E-state index in [1.807, 2.05) is 32.9 Å². The molecule has 104 valence electrons. The smallest absolute Gasteiger partial charge is 0.182 e. The lowest BCUT2D eigenvalue weighted by atomic mass is 9.95. The van der Waals surface area contributed by atoms with Gasteiger partial charge in [-0.1, -0.05) is 18.2 Å². The number of aliphatic hydroxyl groups excluding tert-OH is 1. The Labute approximate surface area is 115 Å². The van der Waals surface area contributed by atoms with Gasteiger partial charge in [0.05, 0.1) is 6.61 Å². The average molecular weight is 261 g/mol. The molecule has 0 amide bonds. The lowest BCUT2D eigenvalue weighted by molar-refractivity contribution is -0.000848. The third-order valence-electron chi connectivity index (χ3n) is 3.32. The summed E-state index contributed by atoms with van der Waals surface area (Å²) in [6, 6.07) is 6.13. The van der Waals surface area contributed by atoms with Gasteiger partial charge < -0.3 is 14.7 Å². The van der Waals surface area contributed by atoms with Gasteiger partial charge in [0.15, 0.2) is 5.88 Å². The Morgan fingerprint density at radius 2 is 2.16 bits per heavy atom. The molecule has 0 aromatic heterocycles. The molecule has 1 N–H and O–H groups in total. The summed E-state index contributed by atoms with van der Waals surface area (Å²) in [7, 11) is 0. The first-order chi connectivity index (χ1) is 8.90. The van der Waals surface area contributed by atoms with E-state index >= 15 is 0 Å². The zero-order chi connectivity index (χ0) is 14.0. The molecule has 0 unspecified atom stereocenters. The number of ether oxygens (including phenoxy) is 1. The van der Waals surface area contributed by atoms with Crippen molar-refractivity contribution >= 4 is 0 Å². The van der Waals surface area contributed by atoms with Gasteiger partial charge in [-0.25, -0.2) is 0 Å². The summed E-state index contributed by atoms with van der Waals surface area (Å²) in [5.74, 6) is 0.714. The van der Waals surface area contributed by atoms with Gasteiger partial charge in [-0.15, -0.1) is 0 Å². The molecule has 0 radical (unpaired) electrons. The molecule has 0 aliphatic carbocycles. The lowest BCUT2D eigenvalue weighted by Gasteiger charge is -2.35. The van der Waals surface area contributed by atoms with Crippen molar-refractivity contribution in [2.24, 2.45) is 0 Å². The van der Waals surface area contributed by atoms with Gasteiger partial charge in [-0.2, -0.15) is 0 Å². The third kappa shape index (κ3) is 3.29. The molecule has 3 heteroatoms. The first-order valence-corrected chi connectivity index (χ1v) is 6.74. The quantitative estimate of drug-likeness (QED) is 0.849. The molecule has 0 bridgehead atoms. The van der Waals surface area contributed by atoms with Gasteiger partial charge in [0.25, 0.3) is 0 Å². The van der Waals surface area contributed by atoms with Gasteiger partial charge in [-0.05, 0) is 50.5 Å². The molecule has 3 nitrogen and oxygen atoms in total. The summed E-state index contributed by atoms with van der Waals surface area (Å²) in [5, 5.41) is 9.43. The second-order valence-electron chi connectivity index (χ2n) is 5.99. The Morgan fingerprint density at radius 3 is 2.79 bits per heavy atom. The van der Waals surface area contributed by atoms with Gasteiger partial charge in [0.1, 0.15) is 5.60 Å². The minimum absolute atomic E-state index is 0.0869. The van der Waals surface area contributed by atoms with Crippen LogP contribution in [0.1, 0.15) is 37.5 Å². The number of nitrogens with zero attached hydrogens (tertiary/aromatic N) is 1. The molecular formula is C16H23NO2. The first-order valence-electron chi connectivity index (χ1n) is 6.74. The molecular weight excluding hydrogens is 238 g/mol. The SMILES string of the molecule is C=C(OC(C)(C)C)N1CCc2cccc(CO)c2C1. The third-order valence-corrected chi connectivity index (χ3v) is 3.32. The van der Waals surface area contributed by atoms with E-state index in [-0.39, 0.29) is 12.2 Å². The highest BCUT2D eigenvalue weighted by molar-refractivity contribution is 5.37. The van der Waals surface area contributed by atoms with Crippen molar-refractivity contribution in [2.45, 2.75) is 45.9 Å². The fourth-order valence-corrected chi connectivity index (χ4v) is 2.43. The molecule has 0 atom stereocenters. The van der Waals surface area contributed by atoms with Crippen LogP contribution in [0.15, 0.2) is 30.7 Å². The van der Waals surface area contributed by atoms with Crippen LogP contribution in [0.2, 0.25) is 0 Å². The van der Waals surface area contributed by atoms with E-state index in [0.717, 1.165) is 25.1 Å². The fraction of sp³-hybridized carbons (Fsp3) is 0.500. The van der Waals surface area contributed by atoms with Crippen LogP contribution in [-0.4, -0.2) is 22.2 Å². The van der Waals surface area contributed by atoms with E-state index in [2.05, 4.69) is 17.5 Å². The number of benzene rings is 1. The van der Waals surface area contributed by atoms with Crippen molar-refractivity contribution in [3.8, 4) is 0 Å². The van der Waals surface area contributed by atoms with Gasteiger partial charge >= 0.3 is 0 Å². The second-order valence-corrected chi connectivity index (χ2v) is 5.99. The minimum atomic E-state index is -0.228. The number of rotatable bonds is 3. The predicted molar refractivity (Wildman–Crippen MR) is 76.5 cm³/mol. The van der Waals surface area contributed by atoms with E-state index in [1.54, 1.807) is 0 Å². The molecule has 19 heavy (non-hydrogen) atoms. The topological polar surface area (TPSA) is 32.7 Å². The standard InChI is InChI=1S/C16H23NO2/c1-12(19-16(2,3)4)17-9-8-13-6-5-7-14(11-18)15(13)10-17/h5-7,18H,1,8-11H2,2-4H3. The van der Waals surface area contributed by atoms with Crippen molar-refractivity contribution < 1.29 is 9.84 Å². The molecule has 1 aliphatic heterocycles. The molecule has 0 fully saturated rings. The van der Waals surface area contributed by atoms with Crippen LogP contribution >= 0.6 is 0 Å². The van der Waals surface area contributed by atoms with E-state index in [1.165, 1.54) is 11.1 Å². The van der Waals surface area contributed by atoms with Crippen LogP contribution in [0.25, 0.3) is 0 Å². The molecule has 0 saturated carbocycles. The Kier molecular flexibility index (Phi) is 3.85. The number of hydrogen-bond acceptors (Lipinski definition) is 3. The van der Waals surface area contributed by atoms with Crippen LogP contribution < -0.4 is 0 Å². The second kappa shape index (κ2) is 5.25. The van der Waals surface area contributed by atoms with Crippen LogP contribution in [0.5, 0.6) is 0 Å². The normalized spacial score (nSPS) is 15.1. The predicted octanol–water partition coefficient (Wildman–Crippen LogP) is 2.82. The molecule has 1 aromatic rings. The lowest BCUT2D eigenvalue weighted by Crippen LogP contribution is -2.34. The Balaban J connectivity index is 2.15. The Bertz CT molecular complexity index is 460. The maximum absolute atomic E-state index is 9.43. The van der Waals surface area contributed by atoms with Crippen LogP contribution in [0, 0.1) is 0 Å². The Hall–Kier alpha value is -1.48. The highest BCUT2D eigenvalue weighted by Crippen LogP contribution is 2.26. The first kappa shape index (κ1) is 13.9. The average Bonchev–Trinajstić information content (AvgIpc) is 2.35.